The average molecular weight is 419 g/mol. The van der Waals surface area contributed by atoms with E-state index in [9.17, 15) is 9.18 Å². The van der Waals surface area contributed by atoms with E-state index in [2.05, 4.69) is 19.9 Å². The van der Waals surface area contributed by atoms with Crippen molar-refractivity contribution in [2.75, 3.05) is 6.54 Å². The Labute approximate surface area is 179 Å². The fourth-order valence-electron chi connectivity index (χ4n) is 4.59. The highest BCUT2D eigenvalue weighted by atomic mass is 19.1. The lowest BCUT2D eigenvalue weighted by Gasteiger charge is -2.33. The number of carbonyl (C=O) groups is 1. The largest absolute Gasteiger partial charge is 0.472 e. The maximum atomic E-state index is 13.6. The van der Waals surface area contributed by atoms with Gasteiger partial charge < -0.3 is 9.64 Å². The summed E-state index contributed by atoms with van der Waals surface area (Å²) >= 11 is 0. The van der Waals surface area contributed by atoms with Crippen LogP contribution in [0.3, 0.4) is 0 Å². The smallest absolute Gasteiger partial charge is 0.273 e. The number of likely N-dealkylation sites (tertiary alicyclic amines) is 1. The Bertz CT molecular complexity index is 1120. The van der Waals surface area contributed by atoms with Crippen molar-refractivity contribution in [1.29, 1.82) is 0 Å². The van der Waals surface area contributed by atoms with Crippen LogP contribution in [0.5, 0.6) is 5.88 Å². The van der Waals surface area contributed by atoms with Crippen LogP contribution in [0.25, 0.3) is 11.4 Å². The standard InChI is InChI=1S/C23H22FN5O2/c1-13-3-4-19(26-9-13)31-18-8-15-7-17(18)29(12-15)23(30)21-20(14(2)5-6-25-21)22-27-10-16(24)11-28-22/h3-6,9-11,15,17-18H,7-8,12H2,1-2H3. The minimum Gasteiger partial charge on any atom is -0.472 e. The van der Waals surface area contributed by atoms with Gasteiger partial charge in [-0.3, -0.25) is 9.78 Å². The highest BCUT2D eigenvalue weighted by Gasteiger charge is 2.49. The second-order valence-electron chi connectivity index (χ2n) is 8.27. The van der Waals surface area contributed by atoms with Gasteiger partial charge in [-0.25, -0.2) is 19.3 Å². The Kier molecular flexibility index (Phi) is 4.84. The number of rotatable bonds is 4. The average Bonchev–Trinajstić information content (AvgIpc) is 3.36. The summed E-state index contributed by atoms with van der Waals surface area (Å²) in [7, 11) is 0. The number of fused-ring (bicyclic) bond motifs is 2. The third-order valence-corrected chi connectivity index (χ3v) is 6.05. The third-order valence-electron chi connectivity index (χ3n) is 6.05. The molecule has 2 aliphatic rings. The van der Waals surface area contributed by atoms with Crippen LogP contribution in [0.4, 0.5) is 4.39 Å². The van der Waals surface area contributed by atoms with E-state index in [-0.39, 0.29) is 29.6 Å². The van der Waals surface area contributed by atoms with Gasteiger partial charge >= 0.3 is 0 Å². The number of amides is 1. The fraction of sp³-hybridized carbons (Fsp3) is 0.348. The van der Waals surface area contributed by atoms with Crippen LogP contribution in [0, 0.1) is 25.6 Å². The summed E-state index contributed by atoms with van der Waals surface area (Å²) in [6.07, 6.45) is 7.27. The zero-order chi connectivity index (χ0) is 21.5. The van der Waals surface area contributed by atoms with E-state index in [1.165, 1.54) is 0 Å². The molecular weight excluding hydrogens is 397 g/mol. The monoisotopic (exact) mass is 419 g/mol. The predicted molar refractivity (Wildman–Crippen MR) is 111 cm³/mol. The van der Waals surface area contributed by atoms with Crippen LogP contribution in [0.1, 0.15) is 34.5 Å². The van der Waals surface area contributed by atoms with Gasteiger partial charge in [-0.15, -0.1) is 0 Å². The number of ether oxygens (including phenoxy) is 1. The molecule has 1 aliphatic carbocycles. The van der Waals surface area contributed by atoms with E-state index < -0.39 is 5.82 Å². The van der Waals surface area contributed by atoms with Crippen molar-refractivity contribution >= 4 is 5.91 Å². The van der Waals surface area contributed by atoms with Gasteiger partial charge in [0.15, 0.2) is 11.6 Å². The molecule has 31 heavy (non-hydrogen) atoms. The molecule has 2 bridgehead atoms. The van der Waals surface area contributed by atoms with E-state index in [0.29, 0.717) is 23.9 Å². The molecule has 8 heteroatoms. The lowest BCUT2D eigenvalue weighted by atomic mass is 10.0. The van der Waals surface area contributed by atoms with Crippen molar-refractivity contribution in [2.24, 2.45) is 5.92 Å². The van der Waals surface area contributed by atoms with Gasteiger partial charge in [-0.1, -0.05) is 6.07 Å². The molecule has 3 atom stereocenters. The number of carbonyl (C=O) groups excluding carboxylic acids is 1. The molecular formula is C23H22FN5O2. The molecule has 3 unspecified atom stereocenters. The second kappa shape index (κ2) is 7.68. The van der Waals surface area contributed by atoms with Crippen LogP contribution in [0.15, 0.2) is 43.0 Å². The number of halogens is 1. The molecule has 0 N–H and O–H groups in total. The molecule has 0 aromatic carbocycles. The maximum absolute atomic E-state index is 13.6. The molecule has 1 amide bonds. The molecule has 5 rings (SSSR count). The van der Waals surface area contributed by atoms with Gasteiger partial charge in [0.2, 0.25) is 5.88 Å². The molecule has 7 nitrogen and oxygen atoms in total. The molecule has 3 aromatic heterocycles. The zero-order valence-electron chi connectivity index (χ0n) is 17.3. The fourth-order valence-corrected chi connectivity index (χ4v) is 4.59. The van der Waals surface area contributed by atoms with Gasteiger partial charge in [0.1, 0.15) is 11.8 Å². The Morgan fingerprint density at radius 1 is 1.06 bits per heavy atom. The minimum atomic E-state index is -0.528. The predicted octanol–water partition coefficient (Wildman–Crippen LogP) is 3.37. The Hall–Kier alpha value is -3.42. The number of piperidine rings is 1. The Balaban J connectivity index is 1.42. The highest BCUT2D eigenvalue weighted by Crippen LogP contribution is 2.40. The Morgan fingerprint density at radius 2 is 1.87 bits per heavy atom. The van der Waals surface area contributed by atoms with Gasteiger partial charge in [-0.05, 0) is 49.8 Å². The van der Waals surface area contributed by atoms with Gasteiger partial charge in [0.25, 0.3) is 5.91 Å². The molecule has 1 saturated heterocycles. The lowest BCUT2D eigenvalue weighted by molar-refractivity contribution is 0.0462. The summed E-state index contributed by atoms with van der Waals surface area (Å²) in [5, 5.41) is 0. The van der Waals surface area contributed by atoms with E-state index in [4.69, 9.17) is 4.74 Å². The van der Waals surface area contributed by atoms with Crippen molar-refractivity contribution in [2.45, 2.75) is 38.8 Å². The van der Waals surface area contributed by atoms with Crippen LogP contribution < -0.4 is 4.74 Å². The number of nitrogens with zero attached hydrogens (tertiary/aromatic N) is 5. The first-order valence-electron chi connectivity index (χ1n) is 10.3. The van der Waals surface area contributed by atoms with Crippen molar-refractivity contribution < 1.29 is 13.9 Å². The lowest BCUT2D eigenvalue weighted by Crippen LogP contribution is -2.47. The van der Waals surface area contributed by atoms with Crippen molar-refractivity contribution in [3.8, 4) is 17.3 Å². The normalized spacial score (nSPS) is 22.0. The molecule has 1 aliphatic heterocycles. The minimum absolute atomic E-state index is 0.0371. The van der Waals surface area contributed by atoms with Gasteiger partial charge in [0, 0.05) is 25.0 Å². The number of aryl methyl sites for hydroxylation is 2. The van der Waals surface area contributed by atoms with Crippen LogP contribution >= 0.6 is 0 Å². The first-order valence-corrected chi connectivity index (χ1v) is 10.3. The summed E-state index contributed by atoms with van der Waals surface area (Å²) in [5.74, 6) is 0.546. The summed E-state index contributed by atoms with van der Waals surface area (Å²) in [4.78, 5) is 32.3. The number of pyridine rings is 2. The molecule has 4 heterocycles. The number of hydrogen-bond donors (Lipinski definition) is 0. The molecule has 2 fully saturated rings. The van der Waals surface area contributed by atoms with E-state index >= 15 is 0 Å². The zero-order valence-corrected chi connectivity index (χ0v) is 17.3. The third kappa shape index (κ3) is 3.62. The topological polar surface area (TPSA) is 81.1 Å². The Morgan fingerprint density at radius 3 is 2.58 bits per heavy atom. The van der Waals surface area contributed by atoms with Gasteiger partial charge in [0.05, 0.1) is 24.0 Å². The first-order chi connectivity index (χ1) is 15.0. The number of aromatic nitrogens is 4. The number of hydrogen-bond acceptors (Lipinski definition) is 6. The second-order valence-corrected chi connectivity index (χ2v) is 8.27. The van der Waals surface area contributed by atoms with Crippen LogP contribution in [-0.2, 0) is 0 Å². The highest BCUT2D eigenvalue weighted by molar-refractivity contribution is 5.99. The molecule has 0 radical (unpaired) electrons. The van der Waals surface area contributed by atoms with Crippen LogP contribution in [-0.4, -0.2) is 49.4 Å². The quantitative estimate of drug-likeness (QED) is 0.645. The molecule has 3 aromatic rings. The van der Waals surface area contributed by atoms with Crippen molar-refractivity contribution in [3.63, 3.8) is 0 Å². The molecule has 0 spiro atoms. The van der Waals surface area contributed by atoms with Gasteiger partial charge in [-0.2, -0.15) is 0 Å². The van der Waals surface area contributed by atoms with Crippen LogP contribution in [0.2, 0.25) is 0 Å². The van der Waals surface area contributed by atoms with E-state index in [1.54, 1.807) is 18.5 Å². The molecule has 1 saturated carbocycles. The summed E-state index contributed by atoms with van der Waals surface area (Å²) in [6.45, 7) is 4.52. The SMILES string of the molecule is Cc1ccc(OC2CC3CC2N(C(=O)c2nccc(C)c2-c2ncc(F)cn2)C3)nc1. The maximum Gasteiger partial charge on any atom is 0.273 e. The summed E-state index contributed by atoms with van der Waals surface area (Å²) < 4.78 is 19.5. The van der Waals surface area contributed by atoms with E-state index in [1.807, 2.05) is 30.9 Å². The van der Waals surface area contributed by atoms with E-state index in [0.717, 1.165) is 36.4 Å². The summed E-state index contributed by atoms with van der Waals surface area (Å²) in [5.41, 5.74) is 2.70. The summed E-state index contributed by atoms with van der Waals surface area (Å²) in [6, 6.07) is 5.58. The van der Waals surface area contributed by atoms with Crippen molar-refractivity contribution in [3.05, 3.63) is 65.6 Å². The van der Waals surface area contributed by atoms with Crippen molar-refractivity contribution in [1.82, 2.24) is 24.8 Å². The first kappa shape index (κ1) is 19.5. The molecule has 158 valence electrons.